The molecule has 3 rings (SSSR count). The Morgan fingerprint density at radius 3 is 2.53 bits per heavy atom. The van der Waals surface area contributed by atoms with E-state index in [2.05, 4.69) is 10.1 Å². The molecule has 0 saturated heterocycles. The lowest BCUT2D eigenvalue weighted by molar-refractivity contribution is 0.628. The summed E-state index contributed by atoms with van der Waals surface area (Å²) in [6.45, 7) is 3.85. The summed E-state index contributed by atoms with van der Waals surface area (Å²) in [6, 6.07) is 8.04. The number of fused-ring (bicyclic) bond motifs is 1. The third-order valence-corrected chi connectivity index (χ3v) is 3.26. The van der Waals surface area contributed by atoms with Gasteiger partial charge in [-0.05, 0) is 49.7 Å². The van der Waals surface area contributed by atoms with Crippen molar-refractivity contribution in [2.75, 3.05) is 0 Å². The summed E-state index contributed by atoms with van der Waals surface area (Å²) in [6.07, 6.45) is 0. The van der Waals surface area contributed by atoms with E-state index in [4.69, 9.17) is 11.6 Å². The average molecular weight is 276 g/mol. The van der Waals surface area contributed by atoms with Gasteiger partial charge in [-0.1, -0.05) is 11.6 Å². The van der Waals surface area contributed by atoms with Crippen molar-refractivity contribution < 1.29 is 4.39 Å². The molecule has 0 unspecified atom stereocenters. The Hall–Kier alpha value is -1.94. The predicted octanol–water partition coefficient (Wildman–Crippen LogP) is 3.81. The number of hydrogen-bond acceptors (Lipinski definition) is 2. The van der Waals surface area contributed by atoms with Crippen molar-refractivity contribution in [2.24, 2.45) is 0 Å². The zero-order valence-corrected chi connectivity index (χ0v) is 11.2. The SMILES string of the molecule is Cc1cc(Cl)nn2c(C)c(-c3ccc(F)cc3)nc12. The van der Waals surface area contributed by atoms with Crippen LogP contribution in [0.25, 0.3) is 16.9 Å². The van der Waals surface area contributed by atoms with E-state index in [0.29, 0.717) is 5.15 Å². The van der Waals surface area contributed by atoms with Gasteiger partial charge in [0.15, 0.2) is 5.65 Å². The Morgan fingerprint density at radius 1 is 1.16 bits per heavy atom. The van der Waals surface area contributed by atoms with E-state index in [1.54, 1.807) is 22.7 Å². The standard InChI is InChI=1S/C14H11ClFN3/c1-8-7-12(15)18-19-9(2)13(17-14(8)19)10-3-5-11(16)6-4-10/h3-7H,1-2H3. The van der Waals surface area contributed by atoms with Gasteiger partial charge >= 0.3 is 0 Å². The summed E-state index contributed by atoms with van der Waals surface area (Å²) in [5.41, 5.74) is 4.25. The lowest BCUT2D eigenvalue weighted by Crippen LogP contribution is -1.96. The van der Waals surface area contributed by atoms with E-state index < -0.39 is 0 Å². The summed E-state index contributed by atoms with van der Waals surface area (Å²) in [4.78, 5) is 4.57. The maximum absolute atomic E-state index is 13.0. The number of aryl methyl sites for hydroxylation is 2. The molecule has 3 aromatic rings. The van der Waals surface area contributed by atoms with Crippen molar-refractivity contribution >= 4 is 17.2 Å². The number of benzene rings is 1. The van der Waals surface area contributed by atoms with Gasteiger partial charge in [0, 0.05) is 5.56 Å². The van der Waals surface area contributed by atoms with E-state index in [1.165, 1.54) is 12.1 Å². The molecular weight excluding hydrogens is 265 g/mol. The second-order valence-electron chi connectivity index (χ2n) is 4.44. The van der Waals surface area contributed by atoms with Gasteiger partial charge in [0.1, 0.15) is 11.0 Å². The van der Waals surface area contributed by atoms with Crippen LogP contribution in [-0.2, 0) is 0 Å². The smallest absolute Gasteiger partial charge is 0.157 e. The highest BCUT2D eigenvalue weighted by Gasteiger charge is 2.13. The first-order valence-electron chi connectivity index (χ1n) is 5.84. The van der Waals surface area contributed by atoms with Crippen LogP contribution in [0.15, 0.2) is 30.3 Å². The number of aromatic nitrogens is 3. The van der Waals surface area contributed by atoms with Crippen LogP contribution in [0.4, 0.5) is 4.39 Å². The van der Waals surface area contributed by atoms with Gasteiger partial charge < -0.3 is 0 Å². The fraction of sp³-hybridized carbons (Fsp3) is 0.143. The maximum Gasteiger partial charge on any atom is 0.157 e. The lowest BCUT2D eigenvalue weighted by Gasteiger charge is -2.00. The minimum absolute atomic E-state index is 0.262. The van der Waals surface area contributed by atoms with Gasteiger partial charge in [0.2, 0.25) is 0 Å². The number of hydrogen-bond donors (Lipinski definition) is 0. The van der Waals surface area contributed by atoms with E-state index >= 15 is 0 Å². The van der Waals surface area contributed by atoms with Crippen LogP contribution < -0.4 is 0 Å². The highest BCUT2D eigenvalue weighted by atomic mass is 35.5. The molecule has 0 amide bonds. The highest BCUT2D eigenvalue weighted by molar-refractivity contribution is 6.29. The Morgan fingerprint density at radius 2 is 1.84 bits per heavy atom. The molecule has 19 heavy (non-hydrogen) atoms. The van der Waals surface area contributed by atoms with Gasteiger partial charge in [0.05, 0.1) is 11.4 Å². The quantitative estimate of drug-likeness (QED) is 0.676. The number of rotatable bonds is 1. The molecule has 0 bridgehead atoms. The zero-order chi connectivity index (χ0) is 13.6. The summed E-state index contributed by atoms with van der Waals surface area (Å²) in [5, 5.41) is 4.67. The Kier molecular flexibility index (Phi) is 2.75. The molecule has 5 heteroatoms. The van der Waals surface area contributed by atoms with Crippen LogP contribution in [0.3, 0.4) is 0 Å². The molecule has 2 aromatic heterocycles. The van der Waals surface area contributed by atoms with Crippen molar-refractivity contribution in [3.63, 3.8) is 0 Å². The van der Waals surface area contributed by atoms with Crippen LogP contribution in [0.5, 0.6) is 0 Å². The summed E-state index contributed by atoms with van der Waals surface area (Å²) < 4.78 is 14.7. The molecule has 0 N–H and O–H groups in total. The third-order valence-electron chi connectivity index (χ3n) is 3.08. The molecule has 0 aliphatic carbocycles. The Bertz CT molecular complexity index is 762. The fourth-order valence-corrected chi connectivity index (χ4v) is 2.36. The van der Waals surface area contributed by atoms with Gasteiger partial charge in [-0.25, -0.2) is 13.9 Å². The minimum Gasteiger partial charge on any atom is -0.226 e. The highest BCUT2D eigenvalue weighted by Crippen LogP contribution is 2.25. The zero-order valence-electron chi connectivity index (χ0n) is 10.5. The third kappa shape index (κ3) is 1.98. The Balaban J connectivity index is 2.28. The van der Waals surface area contributed by atoms with Crippen LogP contribution in [0, 0.1) is 19.7 Å². The van der Waals surface area contributed by atoms with Crippen LogP contribution >= 0.6 is 11.6 Å². The van der Waals surface area contributed by atoms with Crippen LogP contribution in [-0.4, -0.2) is 14.6 Å². The molecule has 0 aliphatic rings. The summed E-state index contributed by atoms with van der Waals surface area (Å²) in [5.74, 6) is -0.262. The fourth-order valence-electron chi connectivity index (χ4n) is 2.12. The van der Waals surface area contributed by atoms with Crippen LogP contribution in [0.2, 0.25) is 5.15 Å². The molecule has 0 spiro atoms. The maximum atomic E-state index is 13.0. The molecule has 3 nitrogen and oxygen atoms in total. The first-order chi connectivity index (χ1) is 9.06. The molecular formula is C14H11ClFN3. The molecule has 0 radical (unpaired) electrons. The normalized spacial score (nSPS) is 11.2. The molecule has 2 heterocycles. The van der Waals surface area contributed by atoms with Gasteiger partial charge in [0.25, 0.3) is 0 Å². The van der Waals surface area contributed by atoms with Crippen molar-refractivity contribution in [2.45, 2.75) is 13.8 Å². The summed E-state index contributed by atoms with van der Waals surface area (Å²) in [7, 11) is 0. The monoisotopic (exact) mass is 275 g/mol. The van der Waals surface area contributed by atoms with Gasteiger partial charge in [-0.15, -0.1) is 0 Å². The van der Waals surface area contributed by atoms with Crippen molar-refractivity contribution in [3.8, 4) is 11.3 Å². The number of nitrogens with zero attached hydrogens (tertiary/aromatic N) is 3. The van der Waals surface area contributed by atoms with E-state index in [-0.39, 0.29) is 5.82 Å². The molecule has 0 aliphatic heterocycles. The van der Waals surface area contributed by atoms with Gasteiger partial charge in [-0.2, -0.15) is 5.10 Å². The predicted molar refractivity (Wildman–Crippen MR) is 72.9 cm³/mol. The van der Waals surface area contributed by atoms with E-state index in [0.717, 1.165) is 28.2 Å². The van der Waals surface area contributed by atoms with Gasteiger partial charge in [-0.3, -0.25) is 0 Å². The summed E-state index contributed by atoms with van der Waals surface area (Å²) >= 11 is 5.96. The molecule has 0 saturated carbocycles. The molecule has 0 atom stereocenters. The number of imidazole rings is 1. The molecule has 1 aromatic carbocycles. The lowest BCUT2D eigenvalue weighted by atomic mass is 10.1. The van der Waals surface area contributed by atoms with Crippen molar-refractivity contribution in [3.05, 3.63) is 52.6 Å². The topological polar surface area (TPSA) is 30.2 Å². The Labute approximate surface area is 114 Å². The molecule has 96 valence electrons. The van der Waals surface area contributed by atoms with Crippen molar-refractivity contribution in [1.82, 2.24) is 14.6 Å². The second kappa shape index (κ2) is 4.31. The largest absolute Gasteiger partial charge is 0.226 e. The first-order valence-corrected chi connectivity index (χ1v) is 6.22. The first kappa shape index (κ1) is 12.1. The minimum atomic E-state index is -0.262. The average Bonchev–Trinajstić information content (AvgIpc) is 2.69. The molecule has 0 fully saturated rings. The second-order valence-corrected chi connectivity index (χ2v) is 4.83. The van der Waals surface area contributed by atoms with Crippen molar-refractivity contribution in [1.29, 1.82) is 0 Å². The number of halogens is 2. The van der Waals surface area contributed by atoms with Crippen LogP contribution in [0.1, 0.15) is 11.3 Å². The van der Waals surface area contributed by atoms with E-state index in [1.807, 2.05) is 13.8 Å². The van der Waals surface area contributed by atoms with E-state index in [9.17, 15) is 4.39 Å².